The first-order valence-corrected chi connectivity index (χ1v) is 8.07. The number of fused-ring (bicyclic) bond motifs is 1. The highest BCUT2D eigenvalue weighted by Crippen LogP contribution is 2.44. The van der Waals surface area contributed by atoms with E-state index in [4.69, 9.17) is 9.47 Å². The number of halogens is 2. The van der Waals surface area contributed by atoms with Crippen LogP contribution in [0.5, 0.6) is 0 Å². The monoisotopic (exact) mass is 363 g/mol. The lowest BCUT2D eigenvalue weighted by molar-refractivity contribution is 0.138. The van der Waals surface area contributed by atoms with Gasteiger partial charge in [0.15, 0.2) is 0 Å². The van der Waals surface area contributed by atoms with E-state index in [1.54, 1.807) is 6.26 Å². The molecule has 1 atom stereocenters. The second-order valence-corrected chi connectivity index (χ2v) is 6.42. The van der Waals surface area contributed by atoms with Crippen molar-refractivity contribution in [3.8, 4) is 0 Å². The first-order valence-electron chi connectivity index (χ1n) is 7.28. The summed E-state index contributed by atoms with van der Waals surface area (Å²) in [5.41, 5.74) is 5.69. The SMILES string of the molecule is Fc1ccc(C2C3=CCOC=C3NC3=C2CCOC3)cc1Br. The van der Waals surface area contributed by atoms with Crippen LogP contribution in [0.2, 0.25) is 0 Å². The van der Waals surface area contributed by atoms with Crippen molar-refractivity contribution in [2.75, 3.05) is 19.8 Å². The van der Waals surface area contributed by atoms with E-state index in [1.807, 2.05) is 12.1 Å². The van der Waals surface area contributed by atoms with E-state index < -0.39 is 0 Å². The van der Waals surface area contributed by atoms with E-state index >= 15 is 0 Å². The maximum atomic E-state index is 13.6. The average Bonchev–Trinajstić information content (AvgIpc) is 2.55. The minimum atomic E-state index is -0.240. The maximum absolute atomic E-state index is 13.6. The summed E-state index contributed by atoms with van der Waals surface area (Å²) in [6.07, 6.45) is 4.75. The number of hydrogen-bond donors (Lipinski definition) is 1. The smallest absolute Gasteiger partial charge is 0.137 e. The van der Waals surface area contributed by atoms with Crippen molar-refractivity contribution < 1.29 is 13.9 Å². The molecule has 114 valence electrons. The highest BCUT2D eigenvalue weighted by molar-refractivity contribution is 9.10. The summed E-state index contributed by atoms with van der Waals surface area (Å²) in [4.78, 5) is 0. The third-order valence-electron chi connectivity index (χ3n) is 4.28. The predicted octanol–water partition coefficient (Wildman–Crippen LogP) is 3.75. The van der Waals surface area contributed by atoms with Crippen LogP contribution >= 0.6 is 15.9 Å². The number of ether oxygens (including phenoxy) is 2. The quantitative estimate of drug-likeness (QED) is 0.824. The summed E-state index contributed by atoms with van der Waals surface area (Å²) in [5, 5.41) is 3.42. The number of rotatable bonds is 1. The minimum Gasteiger partial charge on any atom is -0.495 e. The van der Waals surface area contributed by atoms with Crippen LogP contribution in [-0.4, -0.2) is 19.8 Å². The molecule has 1 unspecified atom stereocenters. The fourth-order valence-corrected chi connectivity index (χ4v) is 3.68. The lowest BCUT2D eigenvalue weighted by atomic mass is 9.77. The normalized spacial score (nSPS) is 23.6. The Bertz CT molecular complexity index is 723. The van der Waals surface area contributed by atoms with E-state index in [9.17, 15) is 4.39 Å². The molecule has 3 nitrogen and oxygen atoms in total. The number of benzene rings is 1. The first kappa shape index (κ1) is 14.0. The molecule has 0 saturated carbocycles. The molecule has 0 fully saturated rings. The molecule has 3 heterocycles. The Balaban J connectivity index is 1.86. The number of hydrogen-bond acceptors (Lipinski definition) is 3. The zero-order valence-corrected chi connectivity index (χ0v) is 13.5. The predicted molar refractivity (Wildman–Crippen MR) is 84.6 cm³/mol. The van der Waals surface area contributed by atoms with Gasteiger partial charge in [-0.2, -0.15) is 0 Å². The van der Waals surface area contributed by atoms with Crippen molar-refractivity contribution >= 4 is 15.9 Å². The molecule has 3 aliphatic heterocycles. The molecule has 5 heteroatoms. The van der Waals surface area contributed by atoms with E-state index in [0.717, 1.165) is 30.0 Å². The molecule has 0 spiro atoms. The van der Waals surface area contributed by atoms with E-state index in [1.165, 1.54) is 17.2 Å². The van der Waals surface area contributed by atoms with E-state index in [0.29, 0.717) is 17.7 Å². The Labute approximate surface area is 136 Å². The standard InChI is InChI=1S/C17H15BrFNO2/c18-13-7-10(1-2-14(13)19)17-11-3-5-21-8-15(11)20-16-9-22-6-4-12(16)17/h1-3,7-8,17,20H,4-6,9H2. The molecule has 22 heavy (non-hydrogen) atoms. The summed E-state index contributed by atoms with van der Waals surface area (Å²) in [6.45, 7) is 1.87. The number of nitrogens with one attached hydrogen (secondary N) is 1. The number of allylic oxidation sites excluding steroid dienone is 1. The second kappa shape index (κ2) is 5.56. The molecule has 4 rings (SSSR count). The van der Waals surface area contributed by atoms with Crippen LogP contribution in [0.1, 0.15) is 17.9 Å². The maximum Gasteiger partial charge on any atom is 0.137 e. The van der Waals surface area contributed by atoms with Gasteiger partial charge in [-0.25, -0.2) is 4.39 Å². The van der Waals surface area contributed by atoms with Gasteiger partial charge in [-0.05, 0) is 57.3 Å². The molecule has 0 bridgehead atoms. The highest BCUT2D eigenvalue weighted by atomic mass is 79.9. The van der Waals surface area contributed by atoms with Gasteiger partial charge in [0.25, 0.3) is 0 Å². The van der Waals surface area contributed by atoms with Gasteiger partial charge in [-0.3, -0.25) is 0 Å². The van der Waals surface area contributed by atoms with Crippen LogP contribution in [0.25, 0.3) is 0 Å². The third-order valence-corrected chi connectivity index (χ3v) is 4.89. The first-order chi connectivity index (χ1) is 10.7. The van der Waals surface area contributed by atoms with Gasteiger partial charge in [0.05, 0.1) is 23.4 Å². The molecule has 1 aromatic rings. The molecule has 1 N–H and O–H groups in total. The van der Waals surface area contributed by atoms with Gasteiger partial charge < -0.3 is 14.8 Å². The zero-order chi connectivity index (χ0) is 15.1. The molecule has 3 aliphatic rings. The Morgan fingerprint density at radius 1 is 1.32 bits per heavy atom. The van der Waals surface area contributed by atoms with Gasteiger partial charge in [0.2, 0.25) is 0 Å². The lowest BCUT2D eigenvalue weighted by Crippen LogP contribution is -2.34. The van der Waals surface area contributed by atoms with Crippen LogP contribution < -0.4 is 5.32 Å². The van der Waals surface area contributed by atoms with Gasteiger partial charge in [0.1, 0.15) is 18.7 Å². The van der Waals surface area contributed by atoms with Gasteiger partial charge in [-0.15, -0.1) is 0 Å². The Hall–Kier alpha value is -1.59. The summed E-state index contributed by atoms with van der Waals surface area (Å²) >= 11 is 3.30. The van der Waals surface area contributed by atoms with Crippen LogP contribution in [-0.2, 0) is 9.47 Å². The van der Waals surface area contributed by atoms with Crippen molar-refractivity contribution in [2.24, 2.45) is 0 Å². The highest BCUT2D eigenvalue weighted by Gasteiger charge is 2.34. The second-order valence-electron chi connectivity index (χ2n) is 5.56. The molecular weight excluding hydrogens is 349 g/mol. The van der Waals surface area contributed by atoms with Gasteiger partial charge in [-0.1, -0.05) is 6.07 Å². The van der Waals surface area contributed by atoms with E-state index in [2.05, 4.69) is 27.3 Å². The molecule has 0 radical (unpaired) electrons. The summed E-state index contributed by atoms with van der Waals surface area (Å²) in [5.74, 6) is -0.109. The minimum absolute atomic E-state index is 0.132. The summed E-state index contributed by atoms with van der Waals surface area (Å²) in [7, 11) is 0. The van der Waals surface area contributed by atoms with Crippen molar-refractivity contribution in [1.29, 1.82) is 0 Å². The molecule has 1 aromatic carbocycles. The summed E-state index contributed by atoms with van der Waals surface area (Å²) < 4.78 is 25.1. The molecule has 0 aliphatic carbocycles. The Morgan fingerprint density at radius 3 is 3.09 bits per heavy atom. The van der Waals surface area contributed by atoms with Crippen molar-refractivity contribution in [1.82, 2.24) is 5.32 Å². The fourth-order valence-electron chi connectivity index (χ4n) is 3.28. The van der Waals surface area contributed by atoms with Crippen LogP contribution in [0.3, 0.4) is 0 Å². The summed E-state index contributed by atoms with van der Waals surface area (Å²) in [6, 6.07) is 5.26. The van der Waals surface area contributed by atoms with Crippen molar-refractivity contribution in [2.45, 2.75) is 12.3 Å². The third kappa shape index (κ3) is 2.29. The van der Waals surface area contributed by atoms with Gasteiger partial charge in [0, 0.05) is 11.6 Å². The fraction of sp³-hybridized carbons (Fsp3) is 0.294. The topological polar surface area (TPSA) is 30.5 Å². The molecule has 0 saturated heterocycles. The largest absolute Gasteiger partial charge is 0.495 e. The van der Waals surface area contributed by atoms with Crippen molar-refractivity contribution in [3.63, 3.8) is 0 Å². The van der Waals surface area contributed by atoms with Crippen molar-refractivity contribution in [3.05, 3.63) is 68.9 Å². The van der Waals surface area contributed by atoms with Crippen LogP contribution in [0.4, 0.5) is 4.39 Å². The Morgan fingerprint density at radius 2 is 2.23 bits per heavy atom. The van der Waals surface area contributed by atoms with Crippen LogP contribution in [0, 0.1) is 5.82 Å². The zero-order valence-electron chi connectivity index (χ0n) is 11.9. The average molecular weight is 364 g/mol. The lowest BCUT2D eigenvalue weighted by Gasteiger charge is -2.37. The molecule has 0 aromatic heterocycles. The Kier molecular flexibility index (Phi) is 3.54. The van der Waals surface area contributed by atoms with Gasteiger partial charge >= 0.3 is 0 Å². The molecule has 0 amide bonds. The van der Waals surface area contributed by atoms with E-state index in [-0.39, 0.29) is 11.7 Å². The molecular formula is C17H15BrFNO2. The van der Waals surface area contributed by atoms with Crippen LogP contribution in [0.15, 0.2) is 57.6 Å².